The summed E-state index contributed by atoms with van der Waals surface area (Å²) in [4.78, 5) is 0. The lowest BCUT2D eigenvalue weighted by Gasteiger charge is -2.03. The Morgan fingerprint density at radius 3 is 2.73 bits per heavy atom. The summed E-state index contributed by atoms with van der Waals surface area (Å²) in [5.74, 6) is 4.54. The molecule has 0 amide bonds. The molecule has 1 nitrogen and oxygen atoms in total. The molecule has 1 aromatic carbocycles. The molecule has 0 aliphatic rings. The van der Waals surface area contributed by atoms with Crippen molar-refractivity contribution in [1.29, 1.82) is 0 Å². The van der Waals surface area contributed by atoms with E-state index in [0.29, 0.717) is 0 Å². The van der Waals surface area contributed by atoms with Crippen molar-refractivity contribution in [2.24, 2.45) is 0 Å². The van der Waals surface area contributed by atoms with E-state index < -0.39 is 0 Å². The van der Waals surface area contributed by atoms with Gasteiger partial charge in [0.25, 0.3) is 0 Å². The van der Waals surface area contributed by atoms with E-state index in [1.165, 1.54) is 5.56 Å². The number of terminal acetylenes is 1. The third-order valence-corrected chi connectivity index (χ3v) is 2.91. The summed E-state index contributed by atoms with van der Waals surface area (Å²) in [6.45, 7) is 2.08. The first-order valence-corrected chi connectivity index (χ1v) is 6.35. The monoisotopic (exact) mass is 219 g/mol. The number of thioether (sulfide) groups is 1. The molecule has 0 spiro atoms. The van der Waals surface area contributed by atoms with Gasteiger partial charge in [-0.2, -0.15) is 0 Å². The zero-order chi connectivity index (χ0) is 10.8. The molecule has 0 heterocycles. The Kier molecular flexibility index (Phi) is 6.81. The fourth-order valence-corrected chi connectivity index (χ4v) is 1.83. The van der Waals surface area contributed by atoms with Crippen molar-refractivity contribution in [2.75, 3.05) is 24.6 Å². The van der Waals surface area contributed by atoms with Gasteiger partial charge in [0, 0.05) is 12.3 Å². The molecule has 80 valence electrons. The van der Waals surface area contributed by atoms with Crippen molar-refractivity contribution in [3.8, 4) is 12.3 Å². The van der Waals surface area contributed by atoms with Crippen LogP contribution in [-0.2, 0) is 6.42 Å². The minimum absolute atomic E-state index is 0.820. The molecule has 0 fully saturated rings. The fourth-order valence-electron chi connectivity index (χ4n) is 1.28. The molecule has 0 bridgehead atoms. The van der Waals surface area contributed by atoms with Crippen LogP contribution in [0.2, 0.25) is 0 Å². The highest BCUT2D eigenvalue weighted by Gasteiger charge is 1.91. The molecule has 0 saturated heterocycles. The maximum Gasteiger partial charge on any atom is 0.0545 e. The van der Waals surface area contributed by atoms with Gasteiger partial charge in [-0.3, -0.25) is 0 Å². The zero-order valence-electron chi connectivity index (χ0n) is 8.91. The molecule has 0 saturated carbocycles. The van der Waals surface area contributed by atoms with E-state index in [4.69, 9.17) is 6.42 Å². The van der Waals surface area contributed by atoms with Crippen molar-refractivity contribution < 1.29 is 0 Å². The lowest BCUT2D eigenvalue weighted by atomic mass is 10.1. The van der Waals surface area contributed by atoms with E-state index in [1.807, 2.05) is 6.07 Å². The molecule has 1 N–H and O–H groups in total. The van der Waals surface area contributed by atoms with Gasteiger partial charge in [0.05, 0.1) is 5.75 Å². The van der Waals surface area contributed by atoms with Gasteiger partial charge in [-0.25, -0.2) is 0 Å². The number of hydrogen-bond donors (Lipinski definition) is 1. The third kappa shape index (κ3) is 6.22. The van der Waals surface area contributed by atoms with E-state index in [1.54, 1.807) is 11.8 Å². The number of rotatable bonds is 7. The van der Waals surface area contributed by atoms with Gasteiger partial charge >= 0.3 is 0 Å². The third-order valence-electron chi connectivity index (χ3n) is 2.04. The number of benzene rings is 1. The summed E-state index contributed by atoms with van der Waals surface area (Å²) in [5, 5.41) is 3.40. The summed E-state index contributed by atoms with van der Waals surface area (Å²) in [5.41, 5.74) is 1.39. The van der Waals surface area contributed by atoms with Crippen LogP contribution in [0.15, 0.2) is 30.3 Å². The van der Waals surface area contributed by atoms with Crippen LogP contribution >= 0.6 is 11.8 Å². The smallest absolute Gasteiger partial charge is 0.0545 e. The Bertz CT molecular complexity index is 289. The van der Waals surface area contributed by atoms with Gasteiger partial charge in [-0.1, -0.05) is 36.3 Å². The normalized spacial score (nSPS) is 9.80. The maximum absolute atomic E-state index is 5.15. The zero-order valence-corrected chi connectivity index (χ0v) is 9.72. The quantitative estimate of drug-likeness (QED) is 0.557. The van der Waals surface area contributed by atoms with Crippen LogP contribution in [0, 0.1) is 12.3 Å². The summed E-state index contributed by atoms with van der Waals surface area (Å²) < 4.78 is 0. The molecule has 0 radical (unpaired) electrons. The first kappa shape index (κ1) is 12.2. The lowest BCUT2D eigenvalue weighted by molar-refractivity contribution is 0.721. The van der Waals surface area contributed by atoms with Crippen LogP contribution in [0.4, 0.5) is 0 Å². The topological polar surface area (TPSA) is 12.0 Å². The molecule has 0 aliphatic carbocycles. The van der Waals surface area contributed by atoms with Crippen LogP contribution in [0.3, 0.4) is 0 Å². The Hall–Kier alpha value is -0.910. The second kappa shape index (κ2) is 8.40. The van der Waals surface area contributed by atoms with Crippen LogP contribution in [0.5, 0.6) is 0 Å². The second-order valence-corrected chi connectivity index (χ2v) is 4.35. The average molecular weight is 219 g/mol. The molecule has 1 rings (SSSR count). The fraction of sp³-hybridized carbons (Fsp3) is 0.385. The molecule has 0 aliphatic heterocycles. The molecular weight excluding hydrogens is 202 g/mol. The predicted molar refractivity (Wildman–Crippen MR) is 69.2 cm³/mol. The van der Waals surface area contributed by atoms with Gasteiger partial charge in [0.1, 0.15) is 0 Å². The molecule has 15 heavy (non-hydrogen) atoms. The molecule has 0 unspecified atom stereocenters. The van der Waals surface area contributed by atoms with E-state index in [-0.39, 0.29) is 0 Å². The van der Waals surface area contributed by atoms with Crippen molar-refractivity contribution in [2.45, 2.75) is 6.42 Å². The second-order valence-electron chi connectivity index (χ2n) is 3.24. The van der Waals surface area contributed by atoms with Gasteiger partial charge in [-0.05, 0) is 18.5 Å². The SMILES string of the molecule is C#CCSCCNCCc1ccccc1. The van der Waals surface area contributed by atoms with Gasteiger partial charge in [-0.15, -0.1) is 18.2 Å². The van der Waals surface area contributed by atoms with Crippen molar-refractivity contribution in [3.63, 3.8) is 0 Å². The van der Waals surface area contributed by atoms with Crippen LogP contribution < -0.4 is 5.32 Å². The Labute approximate surface area is 96.7 Å². The summed E-state index contributed by atoms with van der Waals surface area (Å²) in [6.07, 6.45) is 6.25. The van der Waals surface area contributed by atoms with E-state index in [9.17, 15) is 0 Å². The van der Waals surface area contributed by atoms with Crippen molar-refractivity contribution in [3.05, 3.63) is 35.9 Å². The van der Waals surface area contributed by atoms with Crippen molar-refractivity contribution in [1.82, 2.24) is 5.32 Å². The van der Waals surface area contributed by atoms with Gasteiger partial charge in [0.2, 0.25) is 0 Å². The minimum Gasteiger partial charge on any atom is -0.316 e. The number of nitrogens with one attached hydrogen (secondary N) is 1. The average Bonchev–Trinajstić information content (AvgIpc) is 2.29. The van der Waals surface area contributed by atoms with E-state index >= 15 is 0 Å². The molecule has 2 heteroatoms. The Balaban J connectivity index is 1.96. The largest absolute Gasteiger partial charge is 0.316 e. The molecule has 0 atom stereocenters. The molecule has 0 aromatic heterocycles. The van der Waals surface area contributed by atoms with E-state index in [0.717, 1.165) is 31.0 Å². The first-order chi connectivity index (χ1) is 7.43. The minimum atomic E-state index is 0.820. The lowest BCUT2D eigenvalue weighted by Crippen LogP contribution is -2.20. The summed E-state index contributed by atoms with van der Waals surface area (Å²) in [7, 11) is 0. The van der Waals surface area contributed by atoms with Gasteiger partial charge in [0.15, 0.2) is 0 Å². The summed E-state index contributed by atoms with van der Waals surface area (Å²) in [6, 6.07) is 10.5. The predicted octanol–water partition coefficient (Wildman–Crippen LogP) is 2.19. The number of hydrogen-bond acceptors (Lipinski definition) is 2. The molecule has 1 aromatic rings. The Morgan fingerprint density at radius 1 is 1.20 bits per heavy atom. The maximum atomic E-state index is 5.15. The highest BCUT2D eigenvalue weighted by Crippen LogP contribution is 1.98. The van der Waals surface area contributed by atoms with Gasteiger partial charge < -0.3 is 5.32 Å². The van der Waals surface area contributed by atoms with Crippen LogP contribution in [-0.4, -0.2) is 24.6 Å². The van der Waals surface area contributed by atoms with E-state index in [2.05, 4.69) is 35.5 Å². The molecular formula is C13H17NS. The van der Waals surface area contributed by atoms with Crippen molar-refractivity contribution >= 4 is 11.8 Å². The standard InChI is InChI=1S/C13H17NS/c1-2-11-15-12-10-14-9-8-13-6-4-3-5-7-13/h1,3-7,14H,8-12H2. The Morgan fingerprint density at radius 2 is 2.00 bits per heavy atom. The highest BCUT2D eigenvalue weighted by atomic mass is 32.2. The first-order valence-electron chi connectivity index (χ1n) is 5.19. The van der Waals surface area contributed by atoms with Crippen LogP contribution in [0.1, 0.15) is 5.56 Å². The highest BCUT2D eigenvalue weighted by molar-refractivity contribution is 7.99. The summed E-state index contributed by atoms with van der Waals surface area (Å²) >= 11 is 1.80. The van der Waals surface area contributed by atoms with Crippen LogP contribution in [0.25, 0.3) is 0 Å².